The Morgan fingerprint density at radius 2 is 1.92 bits per heavy atom. The van der Waals surface area contributed by atoms with Crippen molar-refractivity contribution in [2.24, 2.45) is 0 Å². The molecule has 0 unspecified atom stereocenters. The van der Waals surface area contributed by atoms with Gasteiger partial charge in [0.2, 0.25) is 0 Å². The van der Waals surface area contributed by atoms with E-state index in [0.717, 1.165) is 34.0 Å². The molecule has 0 saturated carbocycles. The van der Waals surface area contributed by atoms with Crippen molar-refractivity contribution in [3.8, 4) is 0 Å². The molecule has 0 bridgehead atoms. The van der Waals surface area contributed by atoms with Crippen LogP contribution in [0.25, 0.3) is 10.9 Å². The molecule has 0 saturated heterocycles. The Balaban J connectivity index is 1.36. The van der Waals surface area contributed by atoms with E-state index in [4.69, 9.17) is 4.74 Å². The number of rotatable bonds is 5. The molecule has 4 aromatic rings. The van der Waals surface area contributed by atoms with Gasteiger partial charge in [-0.2, -0.15) is 5.10 Å². The Kier molecular flexibility index (Phi) is 6.75. The van der Waals surface area contributed by atoms with Crippen molar-refractivity contribution in [2.75, 3.05) is 6.54 Å². The molecule has 3 aromatic carbocycles. The fourth-order valence-electron chi connectivity index (χ4n) is 4.49. The first kappa shape index (κ1) is 24.4. The standard InChI is InChI=1S/C29H30FN3O2S/c1-29(2,3)35-28(34)32-13-12-21-10-7-11-22(24(21)18-32)17-33-26-15-25(30)27(14-23(26)16-31-33)36-19-20-8-5-4-6-9-20/h4-11,14-16H,12-13,17-19H2,1-3H3. The number of benzene rings is 3. The van der Waals surface area contributed by atoms with Crippen LogP contribution in [-0.2, 0) is 30.0 Å². The molecular formula is C29H30FN3O2S. The first-order valence-electron chi connectivity index (χ1n) is 12.2. The zero-order chi connectivity index (χ0) is 25.3. The molecule has 186 valence electrons. The highest BCUT2D eigenvalue weighted by Gasteiger charge is 2.27. The van der Waals surface area contributed by atoms with Gasteiger partial charge in [0.25, 0.3) is 0 Å². The predicted molar refractivity (Wildman–Crippen MR) is 142 cm³/mol. The van der Waals surface area contributed by atoms with Gasteiger partial charge >= 0.3 is 6.09 Å². The zero-order valence-electron chi connectivity index (χ0n) is 20.8. The Morgan fingerprint density at radius 3 is 2.69 bits per heavy atom. The number of hydrogen-bond acceptors (Lipinski definition) is 4. The normalized spacial score (nSPS) is 13.6. The van der Waals surface area contributed by atoms with Crippen LogP contribution in [-0.4, -0.2) is 32.9 Å². The number of amides is 1. The lowest BCUT2D eigenvalue weighted by molar-refractivity contribution is 0.0223. The highest BCUT2D eigenvalue weighted by Crippen LogP contribution is 2.31. The van der Waals surface area contributed by atoms with Crippen LogP contribution < -0.4 is 0 Å². The average Bonchev–Trinajstić information content (AvgIpc) is 3.23. The van der Waals surface area contributed by atoms with E-state index < -0.39 is 5.60 Å². The van der Waals surface area contributed by atoms with Crippen LogP contribution in [0.1, 0.15) is 43.0 Å². The van der Waals surface area contributed by atoms with Gasteiger partial charge in [-0.05, 0) is 55.5 Å². The van der Waals surface area contributed by atoms with Gasteiger partial charge in [0.05, 0.1) is 18.3 Å². The molecule has 5 nitrogen and oxygen atoms in total. The molecule has 0 radical (unpaired) electrons. The summed E-state index contributed by atoms with van der Waals surface area (Å²) in [5.74, 6) is 0.471. The van der Waals surface area contributed by atoms with Crippen LogP contribution >= 0.6 is 11.8 Å². The van der Waals surface area contributed by atoms with Crippen molar-refractivity contribution < 1.29 is 13.9 Å². The van der Waals surface area contributed by atoms with Crippen molar-refractivity contribution in [2.45, 2.75) is 56.5 Å². The van der Waals surface area contributed by atoms with Crippen molar-refractivity contribution in [3.63, 3.8) is 0 Å². The molecule has 1 aromatic heterocycles. The molecule has 2 heterocycles. The van der Waals surface area contributed by atoms with E-state index in [-0.39, 0.29) is 11.9 Å². The highest BCUT2D eigenvalue weighted by atomic mass is 32.2. The molecule has 1 aliphatic rings. The van der Waals surface area contributed by atoms with Gasteiger partial charge in [0.1, 0.15) is 11.4 Å². The lowest BCUT2D eigenvalue weighted by atomic mass is 9.95. The second kappa shape index (κ2) is 9.97. The Hall–Kier alpha value is -3.32. The zero-order valence-corrected chi connectivity index (χ0v) is 21.6. The quantitative estimate of drug-likeness (QED) is 0.281. The molecule has 1 amide bonds. The largest absolute Gasteiger partial charge is 0.444 e. The van der Waals surface area contributed by atoms with Gasteiger partial charge in [-0.15, -0.1) is 11.8 Å². The number of ether oxygens (including phenoxy) is 1. The van der Waals surface area contributed by atoms with Crippen LogP contribution in [0, 0.1) is 5.82 Å². The fraction of sp³-hybridized carbons (Fsp3) is 0.310. The third-order valence-electron chi connectivity index (χ3n) is 6.27. The molecule has 0 spiro atoms. The predicted octanol–water partition coefficient (Wildman–Crippen LogP) is 6.81. The molecular weight excluding hydrogens is 473 g/mol. The van der Waals surface area contributed by atoms with Crippen LogP contribution in [0.15, 0.2) is 71.8 Å². The summed E-state index contributed by atoms with van der Waals surface area (Å²) in [6.45, 7) is 7.26. The molecule has 36 heavy (non-hydrogen) atoms. The first-order chi connectivity index (χ1) is 17.3. The lowest BCUT2D eigenvalue weighted by Crippen LogP contribution is -2.40. The Labute approximate surface area is 215 Å². The number of aromatic nitrogens is 2. The number of carbonyl (C=O) groups is 1. The second-order valence-electron chi connectivity index (χ2n) is 10.1. The van der Waals surface area contributed by atoms with Crippen molar-refractivity contribution in [1.29, 1.82) is 0 Å². The minimum atomic E-state index is -0.535. The third kappa shape index (κ3) is 5.41. The minimum absolute atomic E-state index is 0.239. The van der Waals surface area contributed by atoms with Crippen molar-refractivity contribution in [3.05, 3.63) is 94.9 Å². The number of fused-ring (bicyclic) bond motifs is 2. The maximum Gasteiger partial charge on any atom is 0.410 e. The number of thioether (sulfide) groups is 1. The van der Waals surface area contributed by atoms with E-state index in [1.807, 2.05) is 67.9 Å². The van der Waals surface area contributed by atoms with Crippen LogP contribution in [0.2, 0.25) is 0 Å². The van der Waals surface area contributed by atoms with E-state index in [1.165, 1.54) is 17.3 Å². The number of hydrogen-bond donors (Lipinski definition) is 0. The van der Waals surface area contributed by atoms with Gasteiger partial charge in [0, 0.05) is 35.2 Å². The van der Waals surface area contributed by atoms with Crippen molar-refractivity contribution in [1.82, 2.24) is 14.7 Å². The SMILES string of the molecule is CC(C)(C)OC(=O)N1CCc2cccc(Cn3ncc4cc(SCc5ccccc5)c(F)cc43)c2C1. The summed E-state index contributed by atoms with van der Waals surface area (Å²) in [6, 6.07) is 19.7. The molecule has 0 N–H and O–H groups in total. The summed E-state index contributed by atoms with van der Waals surface area (Å²) in [7, 11) is 0. The highest BCUT2D eigenvalue weighted by molar-refractivity contribution is 7.98. The summed E-state index contributed by atoms with van der Waals surface area (Å²) in [5, 5.41) is 5.49. The van der Waals surface area contributed by atoms with Gasteiger partial charge in [0.15, 0.2) is 0 Å². The number of carbonyl (C=O) groups excluding carboxylic acids is 1. The summed E-state index contributed by atoms with van der Waals surface area (Å²) in [5.41, 5.74) is 4.81. The smallest absolute Gasteiger partial charge is 0.410 e. The number of nitrogens with zero attached hydrogens (tertiary/aromatic N) is 3. The first-order valence-corrected chi connectivity index (χ1v) is 13.1. The lowest BCUT2D eigenvalue weighted by Gasteiger charge is -2.32. The molecule has 0 atom stereocenters. The summed E-state index contributed by atoms with van der Waals surface area (Å²) in [4.78, 5) is 15.1. The van der Waals surface area contributed by atoms with Gasteiger partial charge in [-0.3, -0.25) is 4.68 Å². The van der Waals surface area contributed by atoms with E-state index >= 15 is 4.39 Å². The third-order valence-corrected chi connectivity index (χ3v) is 7.38. The Bertz CT molecular complexity index is 1400. The topological polar surface area (TPSA) is 47.4 Å². The van der Waals surface area contributed by atoms with Gasteiger partial charge < -0.3 is 9.64 Å². The number of halogens is 1. The second-order valence-corrected chi connectivity index (χ2v) is 11.1. The fourth-order valence-corrected chi connectivity index (χ4v) is 5.42. The van der Waals surface area contributed by atoms with E-state index in [2.05, 4.69) is 17.2 Å². The summed E-state index contributed by atoms with van der Waals surface area (Å²) >= 11 is 1.49. The van der Waals surface area contributed by atoms with Gasteiger partial charge in [-0.1, -0.05) is 48.5 Å². The van der Waals surface area contributed by atoms with Crippen LogP contribution in [0.3, 0.4) is 0 Å². The van der Waals surface area contributed by atoms with Crippen LogP contribution in [0.5, 0.6) is 0 Å². The minimum Gasteiger partial charge on any atom is -0.444 e. The summed E-state index contributed by atoms with van der Waals surface area (Å²) in [6.07, 6.45) is 2.28. The van der Waals surface area contributed by atoms with Crippen LogP contribution in [0.4, 0.5) is 9.18 Å². The summed E-state index contributed by atoms with van der Waals surface area (Å²) < 4.78 is 22.5. The van der Waals surface area contributed by atoms with Crippen molar-refractivity contribution >= 4 is 28.8 Å². The molecule has 7 heteroatoms. The van der Waals surface area contributed by atoms with E-state index in [0.29, 0.717) is 30.3 Å². The maximum atomic E-state index is 15.0. The molecule has 0 aliphatic carbocycles. The average molecular weight is 504 g/mol. The molecule has 5 rings (SSSR count). The van der Waals surface area contributed by atoms with Gasteiger partial charge in [-0.25, -0.2) is 9.18 Å². The van der Waals surface area contributed by atoms with E-state index in [9.17, 15) is 4.79 Å². The molecule has 1 aliphatic heterocycles. The Morgan fingerprint density at radius 1 is 1.11 bits per heavy atom. The van der Waals surface area contributed by atoms with E-state index in [1.54, 1.807) is 17.2 Å². The maximum absolute atomic E-state index is 15.0. The molecule has 0 fully saturated rings. The monoisotopic (exact) mass is 503 g/mol.